The summed E-state index contributed by atoms with van der Waals surface area (Å²) in [6.45, 7) is 14.2. The third kappa shape index (κ3) is 7.91. The lowest BCUT2D eigenvalue weighted by Gasteiger charge is -2.34. The first-order valence-electron chi connectivity index (χ1n) is 7.95. The van der Waals surface area contributed by atoms with Crippen LogP contribution in [-0.4, -0.2) is 50.8 Å². The van der Waals surface area contributed by atoms with Gasteiger partial charge in [0, 0.05) is 32.3 Å². The fourth-order valence-electron chi connectivity index (χ4n) is 2.23. The average molecular weight is 270 g/mol. The van der Waals surface area contributed by atoms with E-state index in [0.29, 0.717) is 11.5 Å². The number of nitrogens with zero attached hydrogens (tertiary/aromatic N) is 1. The molecule has 1 unspecified atom stereocenters. The molecule has 0 bridgehead atoms. The maximum Gasteiger partial charge on any atom is 0.0593 e. The molecule has 0 spiro atoms. The molecular weight excluding hydrogens is 236 g/mol. The SMILES string of the molecule is CCC(C)(CNC(C)C)CN(C)CCOCC1CC1. The van der Waals surface area contributed by atoms with Gasteiger partial charge in [-0.3, -0.25) is 0 Å². The third-order valence-electron chi connectivity index (χ3n) is 4.11. The zero-order valence-electron chi connectivity index (χ0n) is 13.7. The molecular formula is C16H34N2O. The van der Waals surface area contributed by atoms with Gasteiger partial charge < -0.3 is 15.0 Å². The normalized spacial score (nSPS) is 19.1. The summed E-state index contributed by atoms with van der Waals surface area (Å²) in [5.41, 5.74) is 0.357. The number of hydrogen-bond acceptors (Lipinski definition) is 3. The number of likely N-dealkylation sites (N-methyl/N-ethyl adjacent to an activating group) is 1. The van der Waals surface area contributed by atoms with Crippen LogP contribution in [0.4, 0.5) is 0 Å². The summed E-state index contributed by atoms with van der Waals surface area (Å²) in [6, 6.07) is 0.568. The molecule has 1 saturated carbocycles. The Balaban J connectivity index is 2.15. The summed E-state index contributed by atoms with van der Waals surface area (Å²) in [7, 11) is 2.21. The highest BCUT2D eigenvalue weighted by Crippen LogP contribution is 2.28. The van der Waals surface area contributed by atoms with Gasteiger partial charge in [-0.2, -0.15) is 0 Å². The molecule has 3 heteroatoms. The summed E-state index contributed by atoms with van der Waals surface area (Å²) in [5, 5.41) is 3.57. The smallest absolute Gasteiger partial charge is 0.0593 e. The standard InChI is InChI=1S/C16H34N2O/c1-6-16(4,12-17-14(2)3)13-18(5)9-10-19-11-15-7-8-15/h14-15,17H,6-13H2,1-5H3. The Kier molecular flexibility index (Phi) is 7.33. The van der Waals surface area contributed by atoms with Crippen molar-refractivity contribution in [2.45, 2.75) is 53.0 Å². The Bertz CT molecular complexity index is 241. The number of nitrogens with one attached hydrogen (secondary N) is 1. The second-order valence-corrected chi connectivity index (χ2v) is 6.96. The van der Waals surface area contributed by atoms with Crippen molar-refractivity contribution < 1.29 is 4.74 Å². The molecule has 114 valence electrons. The van der Waals surface area contributed by atoms with Crippen molar-refractivity contribution in [2.24, 2.45) is 11.3 Å². The van der Waals surface area contributed by atoms with Crippen molar-refractivity contribution in [3.63, 3.8) is 0 Å². The van der Waals surface area contributed by atoms with Crippen molar-refractivity contribution in [3.8, 4) is 0 Å². The van der Waals surface area contributed by atoms with Gasteiger partial charge >= 0.3 is 0 Å². The summed E-state index contributed by atoms with van der Waals surface area (Å²) in [6.07, 6.45) is 3.97. The predicted octanol–water partition coefficient (Wildman–Crippen LogP) is 2.76. The molecule has 1 aliphatic carbocycles. The lowest BCUT2D eigenvalue weighted by molar-refractivity contribution is 0.0878. The molecule has 1 fully saturated rings. The zero-order valence-corrected chi connectivity index (χ0v) is 13.7. The summed E-state index contributed by atoms with van der Waals surface area (Å²) in [5.74, 6) is 0.876. The van der Waals surface area contributed by atoms with E-state index in [1.807, 2.05) is 0 Å². The minimum atomic E-state index is 0.357. The number of rotatable bonds is 11. The molecule has 0 aliphatic heterocycles. The Morgan fingerprint density at radius 3 is 2.58 bits per heavy atom. The van der Waals surface area contributed by atoms with Gasteiger partial charge in [-0.1, -0.05) is 27.7 Å². The molecule has 0 aromatic heterocycles. The lowest BCUT2D eigenvalue weighted by Crippen LogP contribution is -2.43. The van der Waals surface area contributed by atoms with Gasteiger partial charge in [0.2, 0.25) is 0 Å². The van der Waals surface area contributed by atoms with Crippen LogP contribution >= 0.6 is 0 Å². The van der Waals surface area contributed by atoms with Crippen LogP contribution in [0.2, 0.25) is 0 Å². The van der Waals surface area contributed by atoms with Gasteiger partial charge in [-0.25, -0.2) is 0 Å². The largest absolute Gasteiger partial charge is 0.380 e. The van der Waals surface area contributed by atoms with Gasteiger partial charge in [0.05, 0.1) is 6.61 Å². The molecule has 0 amide bonds. The van der Waals surface area contributed by atoms with Crippen molar-refractivity contribution in [1.29, 1.82) is 0 Å². The number of hydrogen-bond donors (Lipinski definition) is 1. The monoisotopic (exact) mass is 270 g/mol. The fraction of sp³-hybridized carbons (Fsp3) is 1.00. The first kappa shape index (κ1) is 16.9. The van der Waals surface area contributed by atoms with Gasteiger partial charge in [-0.05, 0) is 37.6 Å². The quantitative estimate of drug-likeness (QED) is 0.584. The van der Waals surface area contributed by atoms with E-state index in [-0.39, 0.29) is 0 Å². The van der Waals surface area contributed by atoms with E-state index in [9.17, 15) is 0 Å². The third-order valence-corrected chi connectivity index (χ3v) is 4.11. The van der Waals surface area contributed by atoms with Crippen molar-refractivity contribution in [3.05, 3.63) is 0 Å². The Hall–Kier alpha value is -0.120. The summed E-state index contributed by atoms with van der Waals surface area (Å²) < 4.78 is 5.72. The van der Waals surface area contributed by atoms with Crippen LogP contribution in [0.15, 0.2) is 0 Å². The van der Waals surface area contributed by atoms with E-state index in [1.54, 1.807) is 0 Å². The van der Waals surface area contributed by atoms with Crippen molar-refractivity contribution in [2.75, 3.05) is 39.9 Å². The Morgan fingerprint density at radius 2 is 2.05 bits per heavy atom. The highest BCUT2D eigenvalue weighted by Gasteiger charge is 2.24. The number of ether oxygens (including phenoxy) is 1. The summed E-state index contributed by atoms with van der Waals surface area (Å²) in [4.78, 5) is 2.42. The molecule has 0 saturated heterocycles. The van der Waals surface area contributed by atoms with Gasteiger partial charge in [0.1, 0.15) is 0 Å². The second-order valence-electron chi connectivity index (χ2n) is 6.96. The highest BCUT2D eigenvalue weighted by molar-refractivity contribution is 4.79. The molecule has 0 aromatic carbocycles. The molecule has 1 atom stereocenters. The van der Waals surface area contributed by atoms with E-state index < -0.39 is 0 Å². The average Bonchev–Trinajstić information content (AvgIpc) is 3.16. The predicted molar refractivity (Wildman–Crippen MR) is 82.6 cm³/mol. The molecule has 19 heavy (non-hydrogen) atoms. The van der Waals surface area contributed by atoms with E-state index >= 15 is 0 Å². The second kappa shape index (κ2) is 8.23. The highest BCUT2D eigenvalue weighted by atomic mass is 16.5. The van der Waals surface area contributed by atoms with Crippen molar-refractivity contribution in [1.82, 2.24) is 10.2 Å². The maximum absolute atomic E-state index is 5.72. The van der Waals surface area contributed by atoms with Gasteiger partial charge in [0.25, 0.3) is 0 Å². The van der Waals surface area contributed by atoms with Crippen LogP contribution in [-0.2, 0) is 4.74 Å². The molecule has 3 nitrogen and oxygen atoms in total. The molecule has 0 aromatic rings. The van der Waals surface area contributed by atoms with Crippen LogP contribution in [0.1, 0.15) is 47.0 Å². The van der Waals surface area contributed by atoms with E-state index in [4.69, 9.17) is 4.74 Å². The van der Waals surface area contributed by atoms with Gasteiger partial charge in [0.15, 0.2) is 0 Å². The molecule has 1 aliphatic rings. The van der Waals surface area contributed by atoms with Crippen LogP contribution in [0.3, 0.4) is 0 Å². The van der Waals surface area contributed by atoms with E-state index in [0.717, 1.165) is 38.8 Å². The van der Waals surface area contributed by atoms with Crippen molar-refractivity contribution >= 4 is 0 Å². The first-order chi connectivity index (χ1) is 8.95. The first-order valence-corrected chi connectivity index (χ1v) is 7.95. The minimum absolute atomic E-state index is 0.357. The van der Waals surface area contributed by atoms with Crippen LogP contribution in [0.25, 0.3) is 0 Å². The maximum atomic E-state index is 5.72. The molecule has 1 N–H and O–H groups in total. The topological polar surface area (TPSA) is 24.5 Å². The van der Waals surface area contributed by atoms with E-state index in [1.165, 1.54) is 19.3 Å². The molecule has 0 heterocycles. The summed E-state index contributed by atoms with van der Waals surface area (Å²) >= 11 is 0. The van der Waals surface area contributed by atoms with Gasteiger partial charge in [-0.15, -0.1) is 0 Å². The molecule has 1 rings (SSSR count). The Morgan fingerprint density at radius 1 is 1.37 bits per heavy atom. The van der Waals surface area contributed by atoms with Crippen LogP contribution in [0.5, 0.6) is 0 Å². The molecule has 0 radical (unpaired) electrons. The Labute approximate surface area is 120 Å². The minimum Gasteiger partial charge on any atom is -0.380 e. The van der Waals surface area contributed by atoms with Crippen LogP contribution in [0, 0.1) is 11.3 Å². The fourth-order valence-corrected chi connectivity index (χ4v) is 2.23. The zero-order chi connectivity index (χ0) is 14.3. The van der Waals surface area contributed by atoms with Crippen LogP contribution < -0.4 is 5.32 Å². The van der Waals surface area contributed by atoms with E-state index in [2.05, 4.69) is 45.0 Å². The lowest BCUT2D eigenvalue weighted by atomic mass is 9.86.